The molecule has 0 aliphatic heterocycles. The number of amides is 1. The summed E-state index contributed by atoms with van der Waals surface area (Å²) in [4.78, 5) is 25.8. The molecule has 2 aromatic carbocycles. The van der Waals surface area contributed by atoms with Crippen molar-refractivity contribution in [2.45, 2.75) is 13.5 Å². The number of benzene rings is 2. The fourth-order valence-electron chi connectivity index (χ4n) is 2.70. The summed E-state index contributed by atoms with van der Waals surface area (Å²) in [6.07, 6.45) is 0. The monoisotopic (exact) mass is 386 g/mol. The Bertz CT molecular complexity index is 805. The fourth-order valence-corrected chi connectivity index (χ4v) is 2.70. The second-order valence-electron chi connectivity index (χ2n) is 6.21. The molecular weight excluding hydrogens is 360 g/mol. The molecule has 2 aromatic rings. The van der Waals surface area contributed by atoms with Crippen LogP contribution >= 0.6 is 0 Å². The second kappa shape index (κ2) is 10.3. The molecule has 1 amide bonds. The van der Waals surface area contributed by atoms with Gasteiger partial charge in [0.15, 0.2) is 11.5 Å². The summed E-state index contributed by atoms with van der Waals surface area (Å²) < 4.78 is 15.5. The van der Waals surface area contributed by atoms with Crippen molar-refractivity contribution < 1.29 is 23.8 Å². The first-order valence-corrected chi connectivity index (χ1v) is 8.93. The highest BCUT2D eigenvalue weighted by molar-refractivity contribution is 5.94. The maximum Gasteiger partial charge on any atom is 0.338 e. The van der Waals surface area contributed by atoms with Gasteiger partial charge in [-0.2, -0.15) is 0 Å². The minimum Gasteiger partial charge on any atom is -0.493 e. The van der Waals surface area contributed by atoms with E-state index >= 15 is 0 Å². The van der Waals surface area contributed by atoms with Gasteiger partial charge in [-0.1, -0.05) is 6.07 Å². The topological polar surface area (TPSA) is 77.1 Å². The van der Waals surface area contributed by atoms with Crippen molar-refractivity contribution in [3.63, 3.8) is 0 Å². The number of carbonyl (C=O) groups is 2. The van der Waals surface area contributed by atoms with Gasteiger partial charge in [-0.3, -0.25) is 9.69 Å². The minimum absolute atomic E-state index is 0.146. The van der Waals surface area contributed by atoms with Crippen LogP contribution in [0.5, 0.6) is 11.5 Å². The quantitative estimate of drug-likeness (QED) is 0.668. The van der Waals surface area contributed by atoms with E-state index in [0.717, 1.165) is 5.56 Å². The van der Waals surface area contributed by atoms with E-state index in [0.29, 0.717) is 35.9 Å². The van der Waals surface area contributed by atoms with Gasteiger partial charge in [0.05, 0.1) is 32.9 Å². The van der Waals surface area contributed by atoms with Gasteiger partial charge in [-0.05, 0) is 55.9 Å². The number of nitrogens with zero attached hydrogens (tertiary/aromatic N) is 1. The number of ether oxygens (including phenoxy) is 3. The smallest absolute Gasteiger partial charge is 0.338 e. The van der Waals surface area contributed by atoms with E-state index in [4.69, 9.17) is 14.2 Å². The highest BCUT2D eigenvalue weighted by Gasteiger charge is 2.11. The standard InChI is InChI=1S/C21H26N2O5/c1-5-28-21(25)16-7-9-17(10-8-16)22-20(24)14-23(2)13-15-6-11-18(26-3)19(12-15)27-4/h6-12H,5,13-14H2,1-4H3,(H,22,24). The van der Waals surface area contributed by atoms with Crippen LogP contribution in [0.4, 0.5) is 5.69 Å². The van der Waals surface area contributed by atoms with Crippen molar-refractivity contribution in [2.75, 3.05) is 39.7 Å². The van der Waals surface area contributed by atoms with E-state index < -0.39 is 0 Å². The third-order valence-corrected chi connectivity index (χ3v) is 3.99. The van der Waals surface area contributed by atoms with E-state index in [1.54, 1.807) is 45.4 Å². The molecule has 0 unspecified atom stereocenters. The molecule has 0 spiro atoms. The summed E-state index contributed by atoms with van der Waals surface area (Å²) in [5.41, 5.74) is 2.08. The summed E-state index contributed by atoms with van der Waals surface area (Å²) in [6.45, 7) is 2.87. The zero-order valence-electron chi connectivity index (χ0n) is 16.7. The van der Waals surface area contributed by atoms with Crippen LogP contribution < -0.4 is 14.8 Å². The molecule has 7 heteroatoms. The zero-order valence-corrected chi connectivity index (χ0v) is 16.7. The maximum atomic E-state index is 12.3. The van der Waals surface area contributed by atoms with Gasteiger partial charge < -0.3 is 19.5 Å². The predicted molar refractivity (Wildman–Crippen MR) is 107 cm³/mol. The molecule has 0 aromatic heterocycles. The summed E-state index contributed by atoms with van der Waals surface area (Å²) >= 11 is 0. The van der Waals surface area contributed by atoms with Gasteiger partial charge >= 0.3 is 5.97 Å². The first-order valence-electron chi connectivity index (χ1n) is 8.93. The normalized spacial score (nSPS) is 10.5. The Morgan fingerprint density at radius 1 is 1.00 bits per heavy atom. The third-order valence-electron chi connectivity index (χ3n) is 3.99. The number of esters is 1. The van der Waals surface area contributed by atoms with E-state index in [1.165, 1.54) is 0 Å². The Hall–Kier alpha value is -3.06. The highest BCUT2D eigenvalue weighted by atomic mass is 16.5. The van der Waals surface area contributed by atoms with Crippen molar-refractivity contribution in [1.82, 2.24) is 4.90 Å². The molecule has 0 heterocycles. The average molecular weight is 386 g/mol. The van der Waals surface area contributed by atoms with Crippen LogP contribution in [0.2, 0.25) is 0 Å². The lowest BCUT2D eigenvalue weighted by Crippen LogP contribution is -2.29. The number of nitrogens with one attached hydrogen (secondary N) is 1. The molecule has 0 radical (unpaired) electrons. The van der Waals surface area contributed by atoms with Crippen LogP contribution in [0, 0.1) is 0 Å². The van der Waals surface area contributed by atoms with E-state index in [-0.39, 0.29) is 18.4 Å². The van der Waals surface area contributed by atoms with Gasteiger partial charge in [0, 0.05) is 12.2 Å². The van der Waals surface area contributed by atoms with E-state index in [9.17, 15) is 9.59 Å². The summed E-state index contributed by atoms with van der Waals surface area (Å²) in [7, 11) is 5.04. The van der Waals surface area contributed by atoms with Crippen LogP contribution in [0.1, 0.15) is 22.8 Å². The number of methoxy groups -OCH3 is 2. The van der Waals surface area contributed by atoms with Crippen LogP contribution in [0.15, 0.2) is 42.5 Å². The molecule has 2 rings (SSSR count). The lowest BCUT2D eigenvalue weighted by molar-refractivity contribution is -0.117. The van der Waals surface area contributed by atoms with Crippen molar-refractivity contribution in [3.05, 3.63) is 53.6 Å². The number of hydrogen-bond donors (Lipinski definition) is 1. The number of rotatable bonds is 9. The molecule has 1 N–H and O–H groups in total. The number of anilines is 1. The number of hydrogen-bond acceptors (Lipinski definition) is 6. The largest absolute Gasteiger partial charge is 0.493 e. The fraction of sp³-hybridized carbons (Fsp3) is 0.333. The Kier molecular flexibility index (Phi) is 7.83. The van der Waals surface area contributed by atoms with Gasteiger partial charge in [0.2, 0.25) is 5.91 Å². The highest BCUT2D eigenvalue weighted by Crippen LogP contribution is 2.27. The third kappa shape index (κ3) is 5.99. The second-order valence-corrected chi connectivity index (χ2v) is 6.21. The van der Waals surface area contributed by atoms with Crippen molar-refractivity contribution in [1.29, 1.82) is 0 Å². The van der Waals surface area contributed by atoms with Crippen molar-refractivity contribution in [2.24, 2.45) is 0 Å². The van der Waals surface area contributed by atoms with Crippen molar-refractivity contribution in [3.8, 4) is 11.5 Å². The maximum absolute atomic E-state index is 12.3. The van der Waals surface area contributed by atoms with E-state index in [2.05, 4.69) is 5.32 Å². The Balaban J connectivity index is 1.89. The lowest BCUT2D eigenvalue weighted by atomic mass is 10.2. The molecule has 0 bridgehead atoms. The lowest BCUT2D eigenvalue weighted by Gasteiger charge is -2.17. The molecule has 0 aliphatic rings. The number of carbonyl (C=O) groups excluding carboxylic acids is 2. The van der Waals surface area contributed by atoms with E-state index in [1.807, 2.05) is 30.1 Å². The van der Waals surface area contributed by atoms with Gasteiger partial charge in [0.25, 0.3) is 0 Å². The first kappa shape index (κ1) is 21.2. The zero-order chi connectivity index (χ0) is 20.5. The van der Waals surface area contributed by atoms with Gasteiger partial charge in [-0.15, -0.1) is 0 Å². The van der Waals surface area contributed by atoms with Crippen LogP contribution in [-0.2, 0) is 16.1 Å². The summed E-state index contributed by atoms with van der Waals surface area (Å²) in [5.74, 6) is 0.791. The molecule has 7 nitrogen and oxygen atoms in total. The SMILES string of the molecule is CCOC(=O)c1ccc(NC(=O)CN(C)Cc2ccc(OC)c(OC)c2)cc1. The molecule has 0 saturated heterocycles. The Morgan fingerprint density at radius 2 is 1.68 bits per heavy atom. The first-order chi connectivity index (χ1) is 13.5. The molecule has 0 atom stereocenters. The van der Waals surface area contributed by atoms with Crippen LogP contribution in [0.3, 0.4) is 0 Å². The average Bonchev–Trinajstić information content (AvgIpc) is 2.68. The summed E-state index contributed by atoms with van der Waals surface area (Å²) in [5, 5.41) is 2.82. The van der Waals surface area contributed by atoms with Gasteiger partial charge in [0.1, 0.15) is 0 Å². The predicted octanol–water partition coefficient (Wildman–Crippen LogP) is 2.95. The Labute approximate surface area is 165 Å². The molecule has 0 saturated carbocycles. The number of likely N-dealkylation sites (N-methyl/N-ethyl adjacent to an activating group) is 1. The van der Waals surface area contributed by atoms with Crippen molar-refractivity contribution >= 4 is 17.6 Å². The molecule has 28 heavy (non-hydrogen) atoms. The molecular formula is C21H26N2O5. The Morgan fingerprint density at radius 3 is 2.29 bits per heavy atom. The molecule has 0 fully saturated rings. The minimum atomic E-state index is -0.380. The van der Waals surface area contributed by atoms with Crippen LogP contribution in [-0.4, -0.2) is 51.2 Å². The van der Waals surface area contributed by atoms with Gasteiger partial charge in [-0.25, -0.2) is 4.79 Å². The molecule has 0 aliphatic carbocycles. The van der Waals surface area contributed by atoms with Crippen LogP contribution in [0.25, 0.3) is 0 Å². The summed E-state index contributed by atoms with van der Waals surface area (Å²) in [6, 6.07) is 12.3. The molecule has 150 valence electrons.